The zero-order valence-electron chi connectivity index (χ0n) is 11.8. The number of nitro groups is 1. The van der Waals surface area contributed by atoms with Gasteiger partial charge in [-0.2, -0.15) is 0 Å². The lowest BCUT2D eigenvalue weighted by Crippen LogP contribution is -2.39. The second kappa shape index (κ2) is 6.85. The van der Waals surface area contributed by atoms with Crippen molar-refractivity contribution in [3.8, 4) is 0 Å². The lowest BCUT2D eigenvalue weighted by Gasteiger charge is -2.26. The van der Waals surface area contributed by atoms with Crippen LogP contribution in [-0.4, -0.2) is 42.0 Å². The van der Waals surface area contributed by atoms with Crippen LogP contribution >= 0.6 is 0 Å². The average molecular weight is 281 g/mol. The number of carbonyl (C=O) groups excluding carboxylic acids is 1. The molecular formula is C13H19N3O4. The first-order chi connectivity index (χ1) is 9.38. The van der Waals surface area contributed by atoms with Crippen LogP contribution in [0.2, 0.25) is 0 Å². The van der Waals surface area contributed by atoms with E-state index in [0.717, 1.165) is 0 Å². The van der Waals surface area contributed by atoms with Crippen molar-refractivity contribution >= 4 is 17.3 Å². The highest BCUT2D eigenvalue weighted by molar-refractivity contribution is 5.95. The molecule has 7 heteroatoms. The van der Waals surface area contributed by atoms with Crippen molar-refractivity contribution in [1.29, 1.82) is 0 Å². The van der Waals surface area contributed by atoms with Crippen molar-refractivity contribution in [1.82, 2.24) is 4.90 Å². The molecule has 110 valence electrons. The Bertz CT molecular complexity index is 502. The number of nitrogens with zero attached hydrogens (tertiary/aromatic N) is 2. The lowest BCUT2D eigenvalue weighted by molar-refractivity contribution is -0.383. The maximum absolute atomic E-state index is 12.4. The van der Waals surface area contributed by atoms with Crippen LogP contribution in [0.4, 0.5) is 11.4 Å². The third kappa shape index (κ3) is 3.67. The van der Waals surface area contributed by atoms with Crippen molar-refractivity contribution in [2.24, 2.45) is 0 Å². The van der Waals surface area contributed by atoms with Gasteiger partial charge in [-0.25, -0.2) is 0 Å². The van der Waals surface area contributed by atoms with E-state index >= 15 is 0 Å². The Balaban J connectivity index is 3.05. The van der Waals surface area contributed by atoms with E-state index in [1.807, 2.05) is 13.8 Å². The topological polar surface area (TPSA) is 98.7 Å². The quantitative estimate of drug-likeness (QED) is 0.486. The summed E-state index contributed by atoms with van der Waals surface area (Å²) in [4.78, 5) is 24.2. The predicted molar refractivity (Wildman–Crippen MR) is 75.6 cm³/mol. The standard InChI is InChI=1S/C13H19N3O4/c1-9(2)15(6-7-20-3)13(17)10-4-5-11(14)12(8-10)16(18)19/h4-5,8-9H,6-7,14H2,1-3H3. The number of rotatable bonds is 6. The molecule has 0 aliphatic heterocycles. The smallest absolute Gasteiger partial charge is 0.292 e. The maximum atomic E-state index is 12.4. The number of nitro benzene ring substituents is 1. The molecule has 0 atom stereocenters. The number of benzene rings is 1. The number of carbonyl (C=O) groups is 1. The van der Waals surface area contributed by atoms with E-state index < -0.39 is 4.92 Å². The molecule has 1 aromatic rings. The molecule has 0 spiro atoms. The zero-order chi connectivity index (χ0) is 15.3. The number of anilines is 1. The Morgan fingerprint density at radius 1 is 1.50 bits per heavy atom. The summed E-state index contributed by atoms with van der Waals surface area (Å²) in [5.74, 6) is -0.278. The molecule has 0 unspecified atom stereocenters. The van der Waals surface area contributed by atoms with Crippen LogP contribution < -0.4 is 5.73 Å². The van der Waals surface area contributed by atoms with E-state index in [-0.39, 0.29) is 28.9 Å². The Morgan fingerprint density at radius 2 is 2.15 bits per heavy atom. The van der Waals surface area contributed by atoms with Gasteiger partial charge in [0.25, 0.3) is 11.6 Å². The Labute approximate surface area is 117 Å². The summed E-state index contributed by atoms with van der Waals surface area (Å²) < 4.78 is 4.97. The number of amides is 1. The summed E-state index contributed by atoms with van der Waals surface area (Å²) in [5.41, 5.74) is 5.55. The van der Waals surface area contributed by atoms with Gasteiger partial charge in [0.15, 0.2) is 0 Å². The SMILES string of the molecule is COCCN(C(=O)c1ccc(N)c([N+](=O)[O-])c1)C(C)C. The van der Waals surface area contributed by atoms with Gasteiger partial charge >= 0.3 is 0 Å². The molecule has 0 radical (unpaired) electrons. The van der Waals surface area contributed by atoms with E-state index in [4.69, 9.17) is 10.5 Å². The molecule has 1 rings (SSSR count). The van der Waals surface area contributed by atoms with Crippen LogP contribution in [0, 0.1) is 10.1 Å². The highest BCUT2D eigenvalue weighted by Gasteiger charge is 2.21. The summed E-state index contributed by atoms with van der Waals surface area (Å²) in [7, 11) is 1.55. The minimum Gasteiger partial charge on any atom is -0.393 e. The van der Waals surface area contributed by atoms with E-state index in [0.29, 0.717) is 13.2 Å². The van der Waals surface area contributed by atoms with Crippen molar-refractivity contribution in [3.05, 3.63) is 33.9 Å². The summed E-state index contributed by atoms with van der Waals surface area (Å²) in [6, 6.07) is 4.04. The molecule has 0 bridgehead atoms. The Kier molecular flexibility index (Phi) is 5.45. The fourth-order valence-electron chi connectivity index (χ4n) is 1.78. The molecule has 1 amide bonds. The van der Waals surface area contributed by atoms with E-state index in [1.54, 1.807) is 12.0 Å². The third-order valence-electron chi connectivity index (χ3n) is 2.89. The molecule has 7 nitrogen and oxygen atoms in total. The average Bonchev–Trinajstić information content (AvgIpc) is 2.38. The van der Waals surface area contributed by atoms with Gasteiger partial charge in [0, 0.05) is 31.3 Å². The number of methoxy groups -OCH3 is 1. The van der Waals surface area contributed by atoms with Gasteiger partial charge in [0.2, 0.25) is 0 Å². The molecular weight excluding hydrogens is 262 g/mol. The molecule has 0 saturated carbocycles. The summed E-state index contributed by atoms with van der Waals surface area (Å²) >= 11 is 0. The van der Waals surface area contributed by atoms with Crippen LogP contribution in [0.5, 0.6) is 0 Å². The molecule has 0 aliphatic rings. The van der Waals surface area contributed by atoms with Crippen LogP contribution in [0.3, 0.4) is 0 Å². The lowest BCUT2D eigenvalue weighted by atomic mass is 10.1. The Morgan fingerprint density at radius 3 is 2.65 bits per heavy atom. The second-order valence-electron chi connectivity index (χ2n) is 4.62. The highest BCUT2D eigenvalue weighted by atomic mass is 16.6. The van der Waals surface area contributed by atoms with Crippen LogP contribution in [0.25, 0.3) is 0 Å². The normalized spacial score (nSPS) is 10.6. The molecule has 0 heterocycles. The maximum Gasteiger partial charge on any atom is 0.292 e. The van der Waals surface area contributed by atoms with Gasteiger partial charge in [-0.05, 0) is 26.0 Å². The fourth-order valence-corrected chi connectivity index (χ4v) is 1.78. The zero-order valence-corrected chi connectivity index (χ0v) is 11.8. The molecule has 20 heavy (non-hydrogen) atoms. The number of hydrogen-bond acceptors (Lipinski definition) is 5. The molecule has 2 N–H and O–H groups in total. The minimum atomic E-state index is -0.596. The van der Waals surface area contributed by atoms with Gasteiger partial charge in [-0.3, -0.25) is 14.9 Å². The largest absolute Gasteiger partial charge is 0.393 e. The molecule has 0 saturated heterocycles. The van der Waals surface area contributed by atoms with E-state index in [9.17, 15) is 14.9 Å². The van der Waals surface area contributed by atoms with Gasteiger partial charge in [0.05, 0.1) is 11.5 Å². The minimum absolute atomic E-state index is 0.0331. The molecule has 1 aromatic carbocycles. The van der Waals surface area contributed by atoms with Gasteiger partial charge in [-0.15, -0.1) is 0 Å². The summed E-state index contributed by atoms with van der Waals surface area (Å²) in [5, 5.41) is 10.9. The predicted octanol–water partition coefficient (Wildman–Crippen LogP) is 1.67. The molecule has 0 aromatic heterocycles. The van der Waals surface area contributed by atoms with E-state index in [2.05, 4.69) is 0 Å². The van der Waals surface area contributed by atoms with Gasteiger partial charge in [-0.1, -0.05) is 0 Å². The van der Waals surface area contributed by atoms with Crippen molar-refractivity contribution < 1.29 is 14.5 Å². The third-order valence-corrected chi connectivity index (χ3v) is 2.89. The van der Waals surface area contributed by atoms with Crippen molar-refractivity contribution in [2.45, 2.75) is 19.9 Å². The first-order valence-electron chi connectivity index (χ1n) is 6.22. The fraction of sp³-hybridized carbons (Fsp3) is 0.462. The number of nitrogen functional groups attached to an aromatic ring is 1. The van der Waals surface area contributed by atoms with E-state index in [1.165, 1.54) is 18.2 Å². The van der Waals surface area contributed by atoms with Crippen LogP contribution in [0.1, 0.15) is 24.2 Å². The van der Waals surface area contributed by atoms with Crippen LogP contribution in [0.15, 0.2) is 18.2 Å². The van der Waals surface area contributed by atoms with Crippen LogP contribution in [-0.2, 0) is 4.74 Å². The number of ether oxygens (including phenoxy) is 1. The summed E-state index contributed by atoms with van der Waals surface area (Å²) in [6.45, 7) is 4.57. The van der Waals surface area contributed by atoms with Crippen molar-refractivity contribution in [2.75, 3.05) is 26.0 Å². The first kappa shape index (κ1) is 15.9. The first-order valence-corrected chi connectivity index (χ1v) is 6.22. The number of hydrogen-bond donors (Lipinski definition) is 1. The van der Waals surface area contributed by atoms with Crippen molar-refractivity contribution in [3.63, 3.8) is 0 Å². The number of nitrogens with two attached hydrogens (primary N) is 1. The molecule has 0 aliphatic carbocycles. The van der Waals surface area contributed by atoms with Gasteiger partial charge in [0.1, 0.15) is 5.69 Å². The monoisotopic (exact) mass is 281 g/mol. The molecule has 0 fully saturated rings. The highest BCUT2D eigenvalue weighted by Crippen LogP contribution is 2.23. The summed E-state index contributed by atoms with van der Waals surface area (Å²) in [6.07, 6.45) is 0. The van der Waals surface area contributed by atoms with Gasteiger partial charge < -0.3 is 15.4 Å². The second-order valence-corrected chi connectivity index (χ2v) is 4.62. The Hall–Kier alpha value is -2.15.